The van der Waals surface area contributed by atoms with Gasteiger partial charge in [0.2, 0.25) is 0 Å². The van der Waals surface area contributed by atoms with Crippen molar-refractivity contribution in [2.24, 2.45) is 0 Å². The highest BCUT2D eigenvalue weighted by atomic mass is 32.1. The highest BCUT2D eigenvalue weighted by molar-refractivity contribution is 7.08. The maximum absolute atomic E-state index is 12.0. The van der Waals surface area contributed by atoms with Crippen LogP contribution in [0.1, 0.15) is 50.6 Å². The molecule has 18 heavy (non-hydrogen) atoms. The van der Waals surface area contributed by atoms with Crippen LogP contribution in [0.25, 0.3) is 0 Å². The van der Waals surface area contributed by atoms with Gasteiger partial charge in [0.1, 0.15) is 6.04 Å². The molecule has 1 saturated carbocycles. The molecule has 0 aliphatic heterocycles. The lowest BCUT2D eigenvalue weighted by Gasteiger charge is -2.27. The van der Waals surface area contributed by atoms with Gasteiger partial charge in [-0.1, -0.05) is 19.3 Å². The molecular formula is C14H21NO2S. The Morgan fingerprint density at radius 2 is 2.28 bits per heavy atom. The van der Waals surface area contributed by atoms with Gasteiger partial charge < -0.3 is 4.74 Å². The Morgan fingerprint density at radius 3 is 2.89 bits per heavy atom. The maximum Gasteiger partial charge on any atom is 0.327 e. The first-order valence-corrected chi connectivity index (χ1v) is 7.70. The number of carbonyl (C=O) groups excluding carboxylic acids is 1. The number of hydrogen-bond donors (Lipinski definition) is 1. The van der Waals surface area contributed by atoms with Crippen molar-refractivity contribution in [1.82, 2.24) is 5.32 Å². The van der Waals surface area contributed by atoms with Gasteiger partial charge in [0.25, 0.3) is 0 Å². The molecule has 1 heterocycles. The first-order chi connectivity index (χ1) is 8.81. The summed E-state index contributed by atoms with van der Waals surface area (Å²) >= 11 is 1.62. The number of hydrogen-bond acceptors (Lipinski definition) is 4. The number of nitrogens with one attached hydrogen (secondary N) is 1. The molecule has 1 fully saturated rings. The highest BCUT2D eigenvalue weighted by Gasteiger charge is 2.26. The summed E-state index contributed by atoms with van der Waals surface area (Å²) in [6, 6.07) is 2.16. The van der Waals surface area contributed by atoms with Gasteiger partial charge in [-0.15, -0.1) is 0 Å². The van der Waals surface area contributed by atoms with Crippen molar-refractivity contribution >= 4 is 17.3 Å². The Morgan fingerprint density at radius 1 is 1.50 bits per heavy atom. The molecule has 0 bridgehead atoms. The van der Waals surface area contributed by atoms with Crippen LogP contribution in [-0.2, 0) is 9.53 Å². The summed E-state index contributed by atoms with van der Waals surface area (Å²) in [5, 5.41) is 7.50. The molecule has 1 aliphatic carbocycles. The second kappa shape index (κ2) is 6.90. The van der Waals surface area contributed by atoms with Gasteiger partial charge in [0, 0.05) is 6.04 Å². The lowest BCUT2D eigenvalue weighted by atomic mass is 9.94. The number of ether oxygens (including phenoxy) is 1. The molecule has 1 atom stereocenters. The molecule has 100 valence electrons. The van der Waals surface area contributed by atoms with Crippen molar-refractivity contribution in [2.75, 3.05) is 6.61 Å². The third kappa shape index (κ3) is 3.56. The van der Waals surface area contributed by atoms with E-state index in [1.807, 2.05) is 23.8 Å². The summed E-state index contributed by atoms with van der Waals surface area (Å²) in [5.41, 5.74) is 1.03. The third-order valence-electron chi connectivity index (χ3n) is 3.41. The monoisotopic (exact) mass is 267 g/mol. The van der Waals surface area contributed by atoms with Crippen LogP contribution in [0.3, 0.4) is 0 Å². The van der Waals surface area contributed by atoms with Gasteiger partial charge in [-0.3, -0.25) is 5.32 Å². The molecule has 0 saturated heterocycles. The topological polar surface area (TPSA) is 38.3 Å². The van der Waals surface area contributed by atoms with E-state index in [9.17, 15) is 4.79 Å². The normalized spacial score (nSPS) is 18.5. The van der Waals surface area contributed by atoms with Gasteiger partial charge in [-0.2, -0.15) is 11.3 Å². The minimum absolute atomic E-state index is 0.151. The molecule has 1 aliphatic rings. The zero-order valence-corrected chi connectivity index (χ0v) is 11.7. The van der Waals surface area contributed by atoms with E-state index in [1.165, 1.54) is 32.1 Å². The average molecular weight is 267 g/mol. The minimum atomic E-state index is -0.292. The summed E-state index contributed by atoms with van der Waals surface area (Å²) in [5.74, 6) is -0.151. The quantitative estimate of drug-likeness (QED) is 0.832. The molecule has 1 N–H and O–H groups in total. The largest absolute Gasteiger partial charge is 0.465 e. The predicted octanol–water partition coefficient (Wildman–Crippen LogP) is 3.27. The van der Waals surface area contributed by atoms with Crippen LogP contribution < -0.4 is 5.32 Å². The van der Waals surface area contributed by atoms with Crippen molar-refractivity contribution in [3.63, 3.8) is 0 Å². The Bertz CT molecular complexity index is 358. The van der Waals surface area contributed by atoms with E-state index in [1.54, 1.807) is 11.3 Å². The second-order valence-corrected chi connectivity index (χ2v) is 5.52. The second-order valence-electron chi connectivity index (χ2n) is 4.74. The van der Waals surface area contributed by atoms with E-state index in [2.05, 4.69) is 5.32 Å². The van der Waals surface area contributed by atoms with E-state index >= 15 is 0 Å². The number of esters is 1. The average Bonchev–Trinajstić information content (AvgIpc) is 2.91. The molecule has 0 spiro atoms. The van der Waals surface area contributed by atoms with Crippen LogP contribution in [0, 0.1) is 0 Å². The highest BCUT2D eigenvalue weighted by Crippen LogP contribution is 2.23. The summed E-state index contributed by atoms with van der Waals surface area (Å²) in [6.45, 7) is 2.29. The van der Waals surface area contributed by atoms with Gasteiger partial charge in [-0.05, 0) is 42.2 Å². The van der Waals surface area contributed by atoms with Gasteiger partial charge in [0.15, 0.2) is 0 Å². The van der Waals surface area contributed by atoms with Crippen molar-refractivity contribution in [3.8, 4) is 0 Å². The van der Waals surface area contributed by atoms with Crippen molar-refractivity contribution < 1.29 is 9.53 Å². The van der Waals surface area contributed by atoms with Crippen LogP contribution >= 0.6 is 11.3 Å². The summed E-state index contributed by atoms with van der Waals surface area (Å²) in [7, 11) is 0. The van der Waals surface area contributed by atoms with Crippen LogP contribution in [0.5, 0.6) is 0 Å². The standard InChI is InChI=1S/C14H21NO2S/c1-2-17-14(16)13(11-8-9-18-10-11)15-12-6-4-3-5-7-12/h8-10,12-13,15H,2-7H2,1H3. The fourth-order valence-electron chi connectivity index (χ4n) is 2.47. The Labute approximate surface area is 113 Å². The van der Waals surface area contributed by atoms with Crippen molar-refractivity contribution in [1.29, 1.82) is 0 Å². The molecule has 0 amide bonds. The Balaban J connectivity index is 2.02. The lowest BCUT2D eigenvalue weighted by Crippen LogP contribution is -2.38. The first-order valence-electron chi connectivity index (χ1n) is 6.76. The molecular weight excluding hydrogens is 246 g/mol. The Hall–Kier alpha value is -0.870. The SMILES string of the molecule is CCOC(=O)C(NC1CCCCC1)c1ccsc1. The van der Waals surface area contributed by atoms with E-state index < -0.39 is 0 Å². The first kappa shape index (κ1) is 13.6. The lowest BCUT2D eigenvalue weighted by molar-refractivity contribution is -0.146. The van der Waals surface area contributed by atoms with E-state index in [0.717, 1.165) is 5.56 Å². The molecule has 4 heteroatoms. The minimum Gasteiger partial charge on any atom is -0.465 e. The molecule has 3 nitrogen and oxygen atoms in total. The fourth-order valence-corrected chi connectivity index (χ4v) is 3.16. The maximum atomic E-state index is 12.0. The predicted molar refractivity (Wildman–Crippen MR) is 73.7 cm³/mol. The Kier molecular flexibility index (Phi) is 5.20. The number of thiophene rings is 1. The van der Waals surface area contributed by atoms with E-state index in [-0.39, 0.29) is 12.0 Å². The number of carbonyl (C=O) groups is 1. The van der Waals surface area contributed by atoms with Gasteiger partial charge >= 0.3 is 5.97 Å². The van der Waals surface area contributed by atoms with E-state index in [4.69, 9.17) is 4.74 Å². The molecule has 1 aromatic heterocycles. The smallest absolute Gasteiger partial charge is 0.327 e. The zero-order chi connectivity index (χ0) is 12.8. The zero-order valence-electron chi connectivity index (χ0n) is 10.9. The summed E-state index contributed by atoms with van der Waals surface area (Å²) in [4.78, 5) is 12.0. The van der Waals surface area contributed by atoms with Crippen LogP contribution in [-0.4, -0.2) is 18.6 Å². The van der Waals surface area contributed by atoms with Crippen molar-refractivity contribution in [3.05, 3.63) is 22.4 Å². The molecule has 2 rings (SSSR count). The van der Waals surface area contributed by atoms with Crippen molar-refractivity contribution in [2.45, 2.75) is 51.1 Å². The number of rotatable bonds is 5. The van der Waals surface area contributed by atoms with E-state index in [0.29, 0.717) is 12.6 Å². The summed E-state index contributed by atoms with van der Waals surface area (Å²) in [6.07, 6.45) is 6.18. The molecule has 0 aromatic carbocycles. The van der Waals surface area contributed by atoms with Gasteiger partial charge in [-0.25, -0.2) is 4.79 Å². The molecule has 1 unspecified atom stereocenters. The fraction of sp³-hybridized carbons (Fsp3) is 0.643. The van der Waals surface area contributed by atoms with Gasteiger partial charge in [0.05, 0.1) is 6.61 Å². The summed E-state index contributed by atoms with van der Waals surface area (Å²) < 4.78 is 5.17. The molecule has 1 aromatic rings. The third-order valence-corrected chi connectivity index (χ3v) is 4.11. The van der Waals surface area contributed by atoms with Crippen LogP contribution in [0.4, 0.5) is 0 Å². The van der Waals surface area contributed by atoms with Crippen LogP contribution in [0.2, 0.25) is 0 Å². The van der Waals surface area contributed by atoms with Crippen LogP contribution in [0.15, 0.2) is 16.8 Å². The molecule has 0 radical (unpaired) electrons.